The molecule has 3 heteroatoms. The van der Waals surface area contributed by atoms with Crippen LogP contribution >= 0.6 is 0 Å². The van der Waals surface area contributed by atoms with Crippen molar-refractivity contribution in [1.29, 1.82) is 0 Å². The summed E-state index contributed by atoms with van der Waals surface area (Å²) in [5, 5.41) is 9.30. The number of aliphatic hydroxyl groups is 1. The van der Waals surface area contributed by atoms with E-state index < -0.39 is 0 Å². The standard InChI is InChI=1S/C19H28O3.C2H6/c1-14(2)7-6-8-15(3)9-10-17-18(21-4)11-16(13-20)12-19(17)22-5;1-2/h7,9,11-12,20H,6,8,10,13H2,1-5H3;1-2H3/b15-9+;. The molecule has 1 N–H and O–H groups in total. The van der Waals surface area contributed by atoms with Gasteiger partial charge in [-0.15, -0.1) is 0 Å². The van der Waals surface area contributed by atoms with Crippen LogP contribution in [-0.2, 0) is 13.0 Å². The Morgan fingerprint density at radius 2 is 1.54 bits per heavy atom. The van der Waals surface area contributed by atoms with Gasteiger partial charge in [-0.1, -0.05) is 37.1 Å². The lowest BCUT2D eigenvalue weighted by atomic mass is 10.0. The average Bonchev–Trinajstić information content (AvgIpc) is 2.60. The molecule has 1 rings (SSSR count). The number of hydrogen-bond acceptors (Lipinski definition) is 3. The lowest BCUT2D eigenvalue weighted by Gasteiger charge is -2.14. The topological polar surface area (TPSA) is 38.7 Å². The second kappa shape index (κ2) is 12.7. The van der Waals surface area contributed by atoms with Crippen molar-refractivity contribution in [3.63, 3.8) is 0 Å². The van der Waals surface area contributed by atoms with Crippen molar-refractivity contribution in [2.45, 2.75) is 60.5 Å². The first-order chi connectivity index (χ1) is 11.5. The molecule has 0 aliphatic rings. The molecule has 0 aromatic heterocycles. The molecule has 0 fully saturated rings. The van der Waals surface area contributed by atoms with E-state index in [1.165, 1.54) is 11.1 Å². The minimum atomic E-state index is -0.0232. The van der Waals surface area contributed by atoms with E-state index in [9.17, 15) is 5.11 Å². The molecule has 0 aliphatic heterocycles. The van der Waals surface area contributed by atoms with Gasteiger partial charge in [0.1, 0.15) is 11.5 Å². The zero-order chi connectivity index (χ0) is 18.5. The van der Waals surface area contributed by atoms with Gasteiger partial charge in [-0.05, 0) is 57.7 Å². The Hall–Kier alpha value is -1.74. The summed E-state index contributed by atoms with van der Waals surface area (Å²) in [5.74, 6) is 1.52. The van der Waals surface area contributed by atoms with Crippen LogP contribution in [0.2, 0.25) is 0 Å². The van der Waals surface area contributed by atoms with Crippen molar-refractivity contribution >= 4 is 0 Å². The third-order valence-electron chi connectivity index (χ3n) is 3.60. The summed E-state index contributed by atoms with van der Waals surface area (Å²) in [6, 6.07) is 3.73. The van der Waals surface area contributed by atoms with Gasteiger partial charge in [0.25, 0.3) is 0 Å². The second-order valence-electron chi connectivity index (χ2n) is 5.71. The number of methoxy groups -OCH3 is 2. The van der Waals surface area contributed by atoms with Gasteiger partial charge in [-0.3, -0.25) is 0 Å². The molecule has 136 valence electrons. The summed E-state index contributed by atoms with van der Waals surface area (Å²) in [5.41, 5.74) is 4.52. The maximum atomic E-state index is 9.30. The lowest BCUT2D eigenvalue weighted by molar-refractivity contribution is 0.279. The van der Waals surface area contributed by atoms with Crippen LogP contribution in [0, 0.1) is 0 Å². The van der Waals surface area contributed by atoms with E-state index in [-0.39, 0.29) is 6.61 Å². The van der Waals surface area contributed by atoms with Gasteiger partial charge in [0.2, 0.25) is 0 Å². The molecule has 0 atom stereocenters. The first-order valence-electron chi connectivity index (χ1n) is 8.65. The van der Waals surface area contributed by atoms with Gasteiger partial charge in [-0.25, -0.2) is 0 Å². The molecular weight excluding hydrogens is 300 g/mol. The van der Waals surface area contributed by atoms with Gasteiger partial charge in [0.05, 0.1) is 20.8 Å². The van der Waals surface area contributed by atoms with E-state index >= 15 is 0 Å². The Morgan fingerprint density at radius 1 is 1.00 bits per heavy atom. The Bertz CT molecular complexity index is 513. The first-order valence-corrected chi connectivity index (χ1v) is 8.65. The van der Waals surface area contributed by atoms with Gasteiger partial charge < -0.3 is 14.6 Å². The summed E-state index contributed by atoms with van der Waals surface area (Å²) < 4.78 is 10.9. The van der Waals surface area contributed by atoms with Gasteiger partial charge >= 0.3 is 0 Å². The average molecular weight is 335 g/mol. The number of hydrogen-bond donors (Lipinski definition) is 1. The zero-order valence-electron chi connectivity index (χ0n) is 16.4. The monoisotopic (exact) mass is 334 g/mol. The maximum absolute atomic E-state index is 9.30. The van der Waals surface area contributed by atoms with Crippen molar-refractivity contribution in [3.05, 3.63) is 46.6 Å². The Kier molecular flexibility index (Phi) is 11.7. The van der Waals surface area contributed by atoms with Crippen LogP contribution in [0.25, 0.3) is 0 Å². The third kappa shape index (κ3) is 7.69. The summed E-state index contributed by atoms with van der Waals surface area (Å²) >= 11 is 0. The molecule has 0 radical (unpaired) electrons. The van der Waals surface area contributed by atoms with Gasteiger partial charge in [-0.2, -0.15) is 0 Å². The fourth-order valence-corrected chi connectivity index (χ4v) is 2.30. The third-order valence-corrected chi connectivity index (χ3v) is 3.60. The summed E-state index contributed by atoms with van der Waals surface area (Å²) in [7, 11) is 3.29. The van der Waals surface area contributed by atoms with E-state index in [4.69, 9.17) is 9.47 Å². The number of aliphatic hydroxyl groups excluding tert-OH is 1. The van der Waals surface area contributed by atoms with Crippen LogP contribution in [0.1, 0.15) is 58.6 Å². The normalized spacial score (nSPS) is 10.6. The van der Waals surface area contributed by atoms with E-state index in [0.29, 0.717) is 0 Å². The summed E-state index contributed by atoms with van der Waals surface area (Å²) in [6.07, 6.45) is 7.37. The molecule has 0 saturated carbocycles. The van der Waals surface area contributed by atoms with Crippen molar-refractivity contribution in [3.8, 4) is 11.5 Å². The van der Waals surface area contributed by atoms with Crippen LogP contribution in [0.3, 0.4) is 0 Å². The molecule has 0 amide bonds. The smallest absolute Gasteiger partial charge is 0.126 e. The highest BCUT2D eigenvalue weighted by molar-refractivity contribution is 5.49. The molecule has 0 aliphatic carbocycles. The highest BCUT2D eigenvalue weighted by atomic mass is 16.5. The van der Waals surface area contributed by atoms with Crippen molar-refractivity contribution in [1.82, 2.24) is 0 Å². The quantitative estimate of drug-likeness (QED) is 0.642. The fraction of sp³-hybridized carbons (Fsp3) is 0.524. The molecule has 24 heavy (non-hydrogen) atoms. The number of rotatable bonds is 8. The molecule has 1 aromatic rings. The minimum Gasteiger partial charge on any atom is -0.496 e. The van der Waals surface area contributed by atoms with Crippen molar-refractivity contribution < 1.29 is 14.6 Å². The van der Waals surface area contributed by atoms with Gasteiger partial charge in [0, 0.05) is 5.56 Å². The molecule has 1 aromatic carbocycles. The largest absolute Gasteiger partial charge is 0.496 e. The summed E-state index contributed by atoms with van der Waals surface area (Å²) in [6.45, 7) is 10.4. The van der Waals surface area contributed by atoms with Crippen LogP contribution in [0.5, 0.6) is 11.5 Å². The maximum Gasteiger partial charge on any atom is 0.126 e. The van der Waals surface area contributed by atoms with Crippen LogP contribution in [-0.4, -0.2) is 19.3 Å². The number of allylic oxidation sites excluding steroid dienone is 4. The predicted molar refractivity (Wildman–Crippen MR) is 103 cm³/mol. The van der Waals surface area contributed by atoms with E-state index in [2.05, 4.69) is 32.9 Å². The molecule has 0 saturated heterocycles. The van der Waals surface area contributed by atoms with E-state index in [1.807, 2.05) is 26.0 Å². The highest BCUT2D eigenvalue weighted by Gasteiger charge is 2.11. The predicted octanol–water partition coefficient (Wildman–Crippen LogP) is 5.46. The molecule has 0 bridgehead atoms. The molecule has 0 unspecified atom stereocenters. The number of ether oxygens (including phenoxy) is 2. The molecule has 0 heterocycles. The van der Waals surface area contributed by atoms with Gasteiger partial charge in [0.15, 0.2) is 0 Å². The second-order valence-corrected chi connectivity index (χ2v) is 5.71. The van der Waals surface area contributed by atoms with Crippen LogP contribution < -0.4 is 9.47 Å². The van der Waals surface area contributed by atoms with Crippen molar-refractivity contribution in [2.75, 3.05) is 14.2 Å². The Labute approximate surface area is 148 Å². The Balaban J connectivity index is 0.00000254. The van der Waals surface area contributed by atoms with E-state index in [0.717, 1.165) is 41.9 Å². The highest BCUT2D eigenvalue weighted by Crippen LogP contribution is 2.31. The minimum absolute atomic E-state index is 0.0232. The van der Waals surface area contributed by atoms with Crippen LogP contribution in [0.15, 0.2) is 35.4 Å². The molecular formula is C21H34O3. The molecule has 3 nitrogen and oxygen atoms in total. The first kappa shape index (κ1) is 22.3. The van der Waals surface area contributed by atoms with Crippen LogP contribution in [0.4, 0.5) is 0 Å². The van der Waals surface area contributed by atoms with Crippen molar-refractivity contribution in [2.24, 2.45) is 0 Å². The molecule has 0 spiro atoms. The fourth-order valence-electron chi connectivity index (χ4n) is 2.30. The zero-order valence-corrected chi connectivity index (χ0v) is 16.4. The number of benzene rings is 1. The van der Waals surface area contributed by atoms with E-state index in [1.54, 1.807) is 14.2 Å². The lowest BCUT2D eigenvalue weighted by Crippen LogP contribution is -1.99. The SMILES string of the molecule is CC.COc1cc(CO)cc(OC)c1C/C=C(\C)CCC=C(C)C. The Morgan fingerprint density at radius 3 is 1.96 bits per heavy atom. The summed E-state index contributed by atoms with van der Waals surface area (Å²) in [4.78, 5) is 0.